The molecular formula is C11H16Cl2OSi. The topological polar surface area (TPSA) is 9.23 Å². The first kappa shape index (κ1) is 12.9. The van der Waals surface area contributed by atoms with E-state index < -0.39 is 7.42 Å². The maximum atomic E-state index is 5.96. The van der Waals surface area contributed by atoms with Crippen LogP contribution in [0.5, 0.6) is 5.75 Å². The van der Waals surface area contributed by atoms with E-state index >= 15 is 0 Å². The minimum atomic E-state index is -1.56. The van der Waals surface area contributed by atoms with Crippen molar-refractivity contribution in [3.8, 4) is 5.75 Å². The highest BCUT2D eigenvalue weighted by molar-refractivity contribution is 7.33. The highest BCUT2D eigenvalue weighted by Gasteiger charge is 2.17. The summed E-state index contributed by atoms with van der Waals surface area (Å²) in [6, 6.07) is 8.99. The van der Waals surface area contributed by atoms with E-state index in [4.69, 9.17) is 26.9 Å². The minimum Gasteiger partial charge on any atom is -0.496 e. The van der Waals surface area contributed by atoms with Crippen molar-refractivity contribution in [2.24, 2.45) is 0 Å². The van der Waals surface area contributed by atoms with Gasteiger partial charge in [-0.3, -0.25) is 0 Å². The number of hydrogen-bond acceptors (Lipinski definition) is 1. The number of ether oxygens (including phenoxy) is 1. The van der Waals surface area contributed by atoms with Crippen molar-refractivity contribution < 1.29 is 4.74 Å². The van der Waals surface area contributed by atoms with Gasteiger partial charge in [0.2, 0.25) is 7.42 Å². The summed E-state index contributed by atoms with van der Waals surface area (Å²) in [6.07, 6.45) is 1.04. The van der Waals surface area contributed by atoms with Crippen molar-refractivity contribution >= 4 is 29.6 Å². The van der Waals surface area contributed by atoms with Crippen LogP contribution in [0.3, 0.4) is 0 Å². The SMILES string of the molecule is CCC(C[SiH](Cl)Cl)c1ccccc1OC. The Morgan fingerprint density at radius 3 is 2.53 bits per heavy atom. The van der Waals surface area contributed by atoms with E-state index in [1.165, 1.54) is 5.56 Å². The Bertz CT molecular complexity index is 304. The van der Waals surface area contributed by atoms with Crippen molar-refractivity contribution in [3.05, 3.63) is 29.8 Å². The third-order valence-corrected chi connectivity index (χ3v) is 4.53. The van der Waals surface area contributed by atoms with Gasteiger partial charge in [-0.05, 0) is 30.0 Å². The molecule has 1 rings (SSSR count). The molecule has 0 amide bonds. The van der Waals surface area contributed by atoms with Crippen LogP contribution in [0.15, 0.2) is 24.3 Å². The van der Waals surface area contributed by atoms with E-state index in [1.54, 1.807) is 7.11 Å². The fraction of sp³-hybridized carbons (Fsp3) is 0.455. The molecule has 0 saturated heterocycles. The van der Waals surface area contributed by atoms with Gasteiger partial charge in [0, 0.05) is 0 Å². The van der Waals surface area contributed by atoms with Gasteiger partial charge in [0.15, 0.2) is 0 Å². The number of benzene rings is 1. The van der Waals surface area contributed by atoms with E-state index in [9.17, 15) is 0 Å². The first-order valence-electron chi connectivity index (χ1n) is 5.10. The van der Waals surface area contributed by atoms with Crippen LogP contribution in [-0.2, 0) is 0 Å². The van der Waals surface area contributed by atoms with Crippen LogP contribution in [0.1, 0.15) is 24.8 Å². The number of halogens is 2. The second kappa shape index (κ2) is 6.41. The zero-order valence-corrected chi connectivity index (χ0v) is 11.7. The van der Waals surface area contributed by atoms with Crippen LogP contribution in [-0.4, -0.2) is 14.5 Å². The smallest absolute Gasteiger partial charge is 0.237 e. The molecule has 1 nitrogen and oxygen atoms in total. The lowest BCUT2D eigenvalue weighted by Gasteiger charge is -2.18. The minimum absolute atomic E-state index is 0.424. The van der Waals surface area contributed by atoms with Gasteiger partial charge < -0.3 is 4.74 Å². The lowest BCUT2D eigenvalue weighted by molar-refractivity contribution is 0.406. The molecule has 1 unspecified atom stereocenters. The van der Waals surface area contributed by atoms with Gasteiger partial charge in [-0.2, -0.15) is 22.2 Å². The summed E-state index contributed by atoms with van der Waals surface area (Å²) in [5.41, 5.74) is 1.22. The Hall–Kier alpha value is -0.183. The zero-order valence-electron chi connectivity index (χ0n) is 9.04. The predicted molar refractivity (Wildman–Crippen MR) is 69.7 cm³/mol. The number of para-hydroxylation sites is 1. The molecule has 0 spiro atoms. The van der Waals surface area contributed by atoms with Crippen molar-refractivity contribution in [1.29, 1.82) is 0 Å². The summed E-state index contributed by atoms with van der Waals surface area (Å²) < 4.78 is 5.34. The number of hydrogen-bond donors (Lipinski definition) is 0. The fourth-order valence-electron chi connectivity index (χ4n) is 1.73. The summed E-state index contributed by atoms with van der Waals surface area (Å²) >= 11 is 11.9. The molecular weight excluding hydrogens is 247 g/mol. The Morgan fingerprint density at radius 2 is 2.00 bits per heavy atom. The van der Waals surface area contributed by atoms with Crippen LogP contribution < -0.4 is 4.74 Å². The molecule has 1 aromatic carbocycles. The van der Waals surface area contributed by atoms with Crippen molar-refractivity contribution in [1.82, 2.24) is 0 Å². The molecule has 0 aromatic heterocycles. The van der Waals surface area contributed by atoms with Gasteiger partial charge >= 0.3 is 0 Å². The second-order valence-electron chi connectivity index (χ2n) is 3.47. The molecule has 15 heavy (non-hydrogen) atoms. The molecule has 0 aliphatic carbocycles. The van der Waals surface area contributed by atoms with Gasteiger partial charge in [-0.1, -0.05) is 25.1 Å². The number of rotatable bonds is 5. The van der Waals surface area contributed by atoms with E-state index in [0.29, 0.717) is 5.92 Å². The van der Waals surface area contributed by atoms with Crippen LogP contribution in [0.4, 0.5) is 0 Å². The highest BCUT2D eigenvalue weighted by Crippen LogP contribution is 2.33. The third kappa shape index (κ3) is 3.71. The van der Waals surface area contributed by atoms with E-state index in [0.717, 1.165) is 18.2 Å². The van der Waals surface area contributed by atoms with Gasteiger partial charge in [-0.15, -0.1) is 0 Å². The molecule has 0 aliphatic rings. The van der Waals surface area contributed by atoms with E-state index in [-0.39, 0.29) is 0 Å². The predicted octanol–water partition coefficient (Wildman–Crippen LogP) is 3.89. The standard InChI is InChI=1S/C11H16Cl2OSi/c1-3-9(8-15(12)13)10-6-4-5-7-11(10)14-2/h4-7,9,15H,3,8H2,1-2H3. The van der Waals surface area contributed by atoms with Crippen LogP contribution >= 0.6 is 22.2 Å². The van der Waals surface area contributed by atoms with E-state index in [2.05, 4.69) is 13.0 Å². The van der Waals surface area contributed by atoms with Gasteiger partial charge in [0.25, 0.3) is 0 Å². The number of methoxy groups -OCH3 is 1. The van der Waals surface area contributed by atoms with Crippen molar-refractivity contribution in [2.45, 2.75) is 25.3 Å². The van der Waals surface area contributed by atoms with Crippen LogP contribution in [0.25, 0.3) is 0 Å². The van der Waals surface area contributed by atoms with Crippen LogP contribution in [0.2, 0.25) is 6.04 Å². The molecule has 84 valence electrons. The molecule has 1 atom stereocenters. The molecule has 0 radical (unpaired) electrons. The van der Waals surface area contributed by atoms with E-state index in [1.807, 2.05) is 18.2 Å². The molecule has 0 heterocycles. The Kier molecular flexibility index (Phi) is 5.51. The normalized spacial score (nSPS) is 12.9. The average Bonchev–Trinajstić information content (AvgIpc) is 2.25. The van der Waals surface area contributed by atoms with Gasteiger partial charge in [0.1, 0.15) is 5.75 Å². The molecule has 0 aliphatic heterocycles. The maximum Gasteiger partial charge on any atom is 0.237 e. The summed E-state index contributed by atoms with van der Waals surface area (Å²) in [7, 11) is 0.138. The Labute approximate surface area is 102 Å². The second-order valence-corrected chi connectivity index (χ2v) is 8.56. The molecule has 0 fully saturated rings. The van der Waals surface area contributed by atoms with Gasteiger partial charge in [0.05, 0.1) is 7.11 Å². The highest BCUT2D eigenvalue weighted by atomic mass is 35.7. The lowest BCUT2D eigenvalue weighted by Crippen LogP contribution is -2.05. The molecule has 0 saturated carbocycles. The third-order valence-electron chi connectivity index (χ3n) is 2.53. The van der Waals surface area contributed by atoms with Crippen molar-refractivity contribution in [3.63, 3.8) is 0 Å². The Morgan fingerprint density at radius 1 is 1.33 bits per heavy atom. The summed E-state index contributed by atoms with van der Waals surface area (Å²) in [5.74, 6) is 1.36. The van der Waals surface area contributed by atoms with Crippen molar-refractivity contribution in [2.75, 3.05) is 7.11 Å². The monoisotopic (exact) mass is 262 g/mol. The summed E-state index contributed by atoms with van der Waals surface area (Å²) in [5, 5.41) is 0. The lowest BCUT2D eigenvalue weighted by atomic mass is 9.97. The fourth-order valence-corrected chi connectivity index (χ4v) is 4.04. The van der Waals surface area contributed by atoms with Gasteiger partial charge in [-0.25, -0.2) is 0 Å². The molecule has 0 bridgehead atoms. The largest absolute Gasteiger partial charge is 0.496 e. The average molecular weight is 263 g/mol. The Balaban J connectivity index is 2.90. The molecule has 0 N–H and O–H groups in total. The molecule has 1 aromatic rings. The molecule has 4 heteroatoms. The zero-order chi connectivity index (χ0) is 11.3. The first-order valence-corrected chi connectivity index (χ1v) is 9.40. The summed E-state index contributed by atoms with van der Waals surface area (Å²) in [4.78, 5) is 0. The quantitative estimate of drug-likeness (QED) is 0.578. The summed E-state index contributed by atoms with van der Waals surface area (Å²) in [6.45, 7) is 2.15. The first-order chi connectivity index (χ1) is 7.19. The maximum absolute atomic E-state index is 5.96. The van der Waals surface area contributed by atoms with Crippen LogP contribution in [0, 0.1) is 0 Å².